The molecule has 14 heavy (non-hydrogen) atoms. The van der Waals surface area contributed by atoms with Crippen molar-refractivity contribution >= 4 is 10.1 Å². The first-order valence-electron chi connectivity index (χ1n) is 3.31. The van der Waals surface area contributed by atoms with Crippen molar-refractivity contribution in [1.29, 1.82) is 0 Å². The Balaban J connectivity index is 0.00000169. The van der Waals surface area contributed by atoms with Crippen LogP contribution >= 0.6 is 0 Å². The Kier molecular flexibility index (Phi) is 5.06. The molecule has 0 unspecified atom stereocenters. The molecule has 0 amide bonds. The van der Waals surface area contributed by atoms with Crippen LogP contribution in [0.15, 0.2) is 17.0 Å². The zero-order valence-corrected chi connectivity index (χ0v) is 11.6. The minimum atomic E-state index is -4.73. The Labute approximate surface area is 124 Å². The molecule has 0 fully saturated rings. The van der Waals surface area contributed by atoms with Gasteiger partial charge in [0.2, 0.25) is 0 Å². The van der Waals surface area contributed by atoms with Crippen LogP contribution in [0.4, 0.5) is 0 Å². The molecule has 0 heterocycles. The van der Waals surface area contributed by atoms with Crippen LogP contribution in [0, 0.1) is 6.92 Å². The van der Waals surface area contributed by atoms with E-state index in [1.54, 1.807) is 0 Å². The SMILES string of the molecule is Cc1cc(O)c(S(=O)(=O)[O-])cc1O.[K+]. The number of phenols is 2. The Morgan fingerprint density at radius 3 is 2.14 bits per heavy atom. The van der Waals surface area contributed by atoms with E-state index in [4.69, 9.17) is 10.2 Å². The van der Waals surface area contributed by atoms with Crippen LogP contribution in [0.3, 0.4) is 0 Å². The van der Waals surface area contributed by atoms with Gasteiger partial charge >= 0.3 is 51.4 Å². The average Bonchev–Trinajstić information content (AvgIpc) is 1.94. The molecule has 1 aromatic rings. The van der Waals surface area contributed by atoms with E-state index in [-0.39, 0.29) is 57.1 Å². The van der Waals surface area contributed by atoms with Crippen molar-refractivity contribution in [3.05, 3.63) is 17.7 Å². The number of phenolic OH excluding ortho intramolecular Hbond substituents is 2. The van der Waals surface area contributed by atoms with Crippen molar-refractivity contribution in [1.82, 2.24) is 0 Å². The molecule has 0 aliphatic carbocycles. The largest absolute Gasteiger partial charge is 1.00 e. The van der Waals surface area contributed by atoms with Crippen molar-refractivity contribution in [2.24, 2.45) is 0 Å². The molecule has 0 bridgehead atoms. The summed E-state index contributed by atoms with van der Waals surface area (Å²) in [6, 6.07) is 1.74. The van der Waals surface area contributed by atoms with Crippen molar-refractivity contribution < 1.29 is 74.6 Å². The van der Waals surface area contributed by atoms with Gasteiger partial charge in [0.25, 0.3) is 0 Å². The number of hydrogen-bond donors (Lipinski definition) is 2. The van der Waals surface area contributed by atoms with E-state index in [1.807, 2.05) is 0 Å². The molecule has 0 atom stereocenters. The molecule has 0 aromatic heterocycles. The second kappa shape index (κ2) is 4.93. The summed E-state index contributed by atoms with van der Waals surface area (Å²) in [7, 11) is -4.73. The maximum Gasteiger partial charge on any atom is 1.00 e. The van der Waals surface area contributed by atoms with E-state index in [0.29, 0.717) is 5.56 Å². The molecule has 2 N–H and O–H groups in total. The maximum absolute atomic E-state index is 10.5. The van der Waals surface area contributed by atoms with E-state index in [2.05, 4.69) is 0 Å². The van der Waals surface area contributed by atoms with Crippen LogP contribution in [-0.4, -0.2) is 23.2 Å². The van der Waals surface area contributed by atoms with Gasteiger partial charge in [-0.2, -0.15) is 0 Å². The van der Waals surface area contributed by atoms with Gasteiger partial charge in [0.1, 0.15) is 21.6 Å². The Morgan fingerprint density at radius 1 is 1.21 bits per heavy atom. The summed E-state index contributed by atoms with van der Waals surface area (Å²) < 4.78 is 31.5. The number of rotatable bonds is 1. The minimum absolute atomic E-state index is 0. The van der Waals surface area contributed by atoms with Crippen LogP contribution in [0.5, 0.6) is 11.5 Å². The fourth-order valence-electron chi connectivity index (χ4n) is 0.862. The first-order chi connectivity index (χ1) is 5.82. The molecule has 1 aromatic carbocycles. The predicted octanol–water partition coefficient (Wildman–Crippen LogP) is -2.69. The van der Waals surface area contributed by atoms with E-state index < -0.39 is 20.8 Å². The van der Waals surface area contributed by atoms with Crippen LogP contribution in [0.1, 0.15) is 5.56 Å². The third kappa shape index (κ3) is 3.19. The van der Waals surface area contributed by atoms with Gasteiger partial charge in [0, 0.05) is 6.07 Å². The molecular formula is C7H7KO5S. The summed E-state index contributed by atoms with van der Waals surface area (Å²) in [5.74, 6) is -0.988. The van der Waals surface area contributed by atoms with Gasteiger partial charge in [-0.3, -0.25) is 0 Å². The Hall–Kier alpha value is 0.366. The van der Waals surface area contributed by atoms with Crippen molar-refractivity contribution in [3.63, 3.8) is 0 Å². The monoisotopic (exact) mass is 242 g/mol. The summed E-state index contributed by atoms with van der Waals surface area (Å²) in [5, 5.41) is 18.1. The molecule has 0 saturated carbocycles. The molecule has 0 radical (unpaired) electrons. The van der Waals surface area contributed by atoms with Gasteiger partial charge in [0.05, 0.1) is 4.90 Å². The third-order valence-electron chi connectivity index (χ3n) is 1.55. The summed E-state index contributed by atoms with van der Waals surface area (Å²) >= 11 is 0. The van der Waals surface area contributed by atoms with Gasteiger partial charge in [0.15, 0.2) is 0 Å². The fraction of sp³-hybridized carbons (Fsp3) is 0.143. The predicted molar refractivity (Wildman–Crippen MR) is 42.5 cm³/mol. The topological polar surface area (TPSA) is 97.7 Å². The standard InChI is InChI=1S/C7H8O5S.K/c1-4-2-6(9)7(3-5(4)8)13(10,11)12;/h2-3,8-9H,1H3,(H,10,11,12);/q;+1/p-1. The normalized spacial score (nSPS) is 10.7. The molecule has 7 heteroatoms. The van der Waals surface area contributed by atoms with Crippen molar-refractivity contribution in [2.45, 2.75) is 11.8 Å². The minimum Gasteiger partial charge on any atom is -0.744 e. The molecule has 5 nitrogen and oxygen atoms in total. The van der Waals surface area contributed by atoms with Gasteiger partial charge < -0.3 is 14.8 Å². The first kappa shape index (κ1) is 14.4. The number of benzene rings is 1. The number of aromatic hydroxyl groups is 2. The van der Waals surface area contributed by atoms with Gasteiger partial charge in [-0.15, -0.1) is 0 Å². The van der Waals surface area contributed by atoms with Gasteiger partial charge in [-0.25, -0.2) is 8.42 Å². The third-order valence-corrected chi connectivity index (χ3v) is 2.41. The van der Waals surface area contributed by atoms with Gasteiger partial charge in [-0.1, -0.05) is 0 Å². The van der Waals surface area contributed by atoms with E-state index in [1.165, 1.54) is 6.92 Å². The zero-order chi connectivity index (χ0) is 10.2. The molecule has 0 aliphatic heterocycles. The Bertz CT molecular complexity index is 440. The van der Waals surface area contributed by atoms with Crippen molar-refractivity contribution in [3.8, 4) is 11.5 Å². The van der Waals surface area contributed by atoms with Gasteiger partial charge in [-0.05, 0) is 18.6 Å². The van der Waals surface area contributed by atoms with Crippen LogP contribution in [0.25, 0.3) is 0 Å². The van der Waals surface area contributed by atoms with E-state index in [9.17, 15) is 13.0 Å². The first-order valence-corrected chi connectivity index (χ1v) is 4.71. The van der Waals surface area contributed by atoms with Crippen LogP contribution < -0.4 is 51.4 Å². The molecular weight excluding hydrogens is 235 g/mol. The quantitative estimate of drug-likeness (QED) is 0.317. The molecule has 0 spiro atoms. The second-order valence-electron chi connectivity index (χ2n) is 2.56. The van der Waals surface area contributed by atoms with E-state index >= 15 is 0 Å². The van der Waals surface area contributed by atoms with E-state index in [0.717, 1.165) is 12.1 Å². The average molecular weight is 242 g/mol. The smallest absolute Gasteiger partial charge is 0.744 e. The van der Waals surface area contributed by atoms with Crippen LogP contribution in [-0.2, 0) is 10.1 Å². The summed E-state index contributed by atoms with van der Waals surface area (Å²) in [6.07, 6.45) is 0. The number of hydrogen-bond acceptors (Lipinski definition) is 5. The number of aryl methyl sites for hydroxylation is 1. The molecule has 72 valence electrons. The molecule has 0 aliphatic rings. The summed E-state index contributed by atoms with van der Waals surface area (Å²) in [6.45, 7) is 1.47. The summed E-state index contributed by atoms with van der Waals surface area (Å²) in [4.78, 5) is -0.810. The Morgan fingerprint density at radius 2 is 1.71 bits per heavy atom. The van der Waals surface area contributed by atoms with Crippen molar-refractivity contribution in [2.75, 3.05) is 0 Å². The molecule has 0 saturated heterocycles. The van der Waals surface area contributed by atoms with Crippen LogP contribution in [0.2, 0.25) is 0 Å². The second-order valence-corrected chi connectivity index (χ2v) is 3.91. The maximum atomic E-state index is 10.5. The summed E-state index contributed by atoms with van der Waals surface area (Å²) in [5.41, 5.74) is 0.296. The fourth-order valence-corrected chi connectivity index (χ4v) is 1.43. The zero-order valence-electron chi connectivity index (χ0n) is 7.68. The molecule has 1 rings (SSSR count).